The molecule has 1 saturated heterocycles. The number of benzene rings is 1. The molecule has 0 bridgehead atoms. The summed E-state index contributed by atoms with van der Waals surface area (Å²) in [5.74, 6) is 0.223. The molecule has 1 fully saturated rings. The Labute approximate surface area is 110 Å². The van der Waals surface area contributed by atoms with Gasteiger partial charge in [0.2, 0.25) is 5.91 Å². The number of aryl methyl sites for hydroxylation is 1. The topological polar surface area (TPSA) is 41.1 Å². The van der Waals surface area contributed by atoms with Crippen molar-refractivity contribution in [2.75, 3.05) is 18.4 Å². The molecule has 1 amide bonds. The maximum Gasteiger partial charge on any atom is 0.228 e. The zero-order valence-electron chi connectivity index (χ0n) is 9.92. The lowest BCUT2D eigenvalue weighted by Gasteiger charge is -2.22. The zero-order chi connectivity index (χ0) is 12.3. The molecule has 0 spiro atoms. The smallest absolute Gasteiger partial charge is 0.228 e. The Hall–Kier alpha value is -0.870. The largest absolute Gasteiger partial charge is 0.326 e. The van der Waals surface area contributed by atoms with Crippen molar-refractivity contribution >= 4 is 27.5 Å². The molecule has 0 aliphatic carbocycles. The van der Waals surface area contributed by atoms with Gasteiger partial charge >= 0.3 is 0 Å². The van der Waals surface area contributed by atoms with Crippen LogP contribution < -0.4 is 10.6 Å². The van der Waals surface area contributed by atoms with E-state index < -0.39 is 0 Å². The minimum absolute atomic E-state index is 0.0992. The molecule has 2 N–H and O–H groups in total. The van der Waals surface area contributed by atoms with Gasteiger partial charge in [0.05, 0.1) is 5.92 Å². The van der Waals surface area contributed by atoms with E-state index in [0.29, 0.717) is 0 Å². The monoisotopic (exact) mass is 296 g/mol. The van der Waals surface area contributed by atoms with Gasteiger partial charge in [-0.2, -0.15) is 0 Å². The van der Waals surface area contributed by atoms with E-state index >= 15 is 0 Å². The molecule has 1 atom stereocenters. The summed E-state index contributed by atoms with van der Waals surface area (Å²) >= 11 is 3.42. The Balaban J connectivity index is 2.04. The molecule has 2 rings (SSSR count). The van der Waals surface area contributed by atoms with Crippen molar-refractivity contribution in [2.24, 2.45) is 5.92 Å². The van der Waals surface area contributed by atoms with Crippen molar-refractivity contribution in [1.82, 2.24) is 5.32 Å². The maximum atomic E-state index is 12.1. The van der Waals surface area contributed by atoms with Crippen LogP contribution in [0.5, 0.6) is 0 Å². The molecule has 1 heterocycles. The number of amides is 1. The molecule has 3 nitrogen and oxygen atoms in total. The number of carbonyl (C=O) groups excluding carboxylic acids is 1. The van der Waals surface area contributed by atoms with E-state index in [2.05, 4.69) is 26.6 Å². The van der Waals surface area contributed by atoms with Crippen molar-refractivity contribution in [3.05, 3.63) is 28.2 Å². The molecule has 0 saturated carbocycles. The van der Waals surface area contributed by atoms with Gasteiger partial charge in [0, 0.05) is 16.7 Å². The second-order valence-corrected chi connectivity index (χ2v) is 5.41. The predicted molar refractivity (Wildman–Crippen MR) is 73.1 cm³/mol. The van der Waals surface area contributed by atoms with Gasteiger partial charge in [0.15, 0.2) is 0 Å². The summed E-state index contributed by atoms with van der Waals surface area (Å²) < 4.78 is 0.986. The number of rotatable bonds is 2. The summed E-state index contributed by atoms with van der Waals surface area (Å²) in [4.78, 5) is 12.1. The van der Waals surface area contributed by atoms with Crippen molar-refractivity contribution in [3.8, 4) is 0 Å². The molecule has 1 aromatic carbocycles. The average Bonchev–Trinajstić information content (AvgIpc) is 2.35. The van der Waals surface area contributed by atoms with Crippen molar-refractivity contribution in [1.29, 1.82) is 0 Å². The molecule has 4 heteroatoms. The fourth-order valence-corrected chi connectivity index (χ4v) is 2.40. The lowest BCUT2D eigenvalue weighted by molar-refractivity contribution is -0.120. The number of hydrogen-bond acceptors (Lipinski definition) is 2. The lowest BCUT2D eigenvalue weighted by atomic mass is 9.98. The van der Waals surface area contributed by atoms with Crippen molar-refractivity contribution < 1.29 is 4.79 Å². The number of anilines is 1. The number of hydrogen-bond donors (Lipinski definition) is 2. The van der Waals surface area contributed by atoms with Gasteiger partial charge in [0.1, 0.15) is 0 Å². The van der Waals surface area contributed by atoms with E-state index in [0.717, 1.165) is 41.7 Å². The second-order valence-electron chi connectivity index (χ2n) is 4.49. The third-order valence-corrected chi connectivity index (χ3v) is 3.62. The first-order chi connectivity index (χ1) is 8.16. The fraction of sp³-hybridized carbons (Fsp3) is 0.462. The Bertz CT molecular complexity index is 414. The normalized spacial score (nSPS) is 20.0. The minimum Gasteiger partial charge on any atom is -0.326 e. The first-order valence-electron chi connectivity index (χ1n) is 5.94. The van der Waals surface area contributed by atoms with Crippen LogP contribution in [0.2, 0.25) is 0 Å². The zero-order valence-corrected chi connectivity index (χ0v) is 11.5. The van der Waals surface area contributed by atoms with Crippen LogP contribution in [-0.2, 0) is 4.79 Å². The second kappa shape index (κ2) is 5.65. The van der Waals surface area contributed by atoms with Gasteiger partial charge in [-0.15, -0.1) is 0 Å². The Kier molecular flexibility index (Phi) is 4.18. The predicted octanol–water partition coefficient (Wildman–Crippen LogP) is 2.70. The third kappa shape index (κ3) is 3.30. The molecule has 1 aliphatic heterocycles. The van der Waals surface area contributed by atoms with Gasteiger partial charge in [-0.3, -0.25) is 4.79 Å². The van der Waals surface area contributed by atoms with E-state index in [1.54, 1.807) is 0 Å². The van der Waals surface area contributed by atoms with Gasteiger partial charge in [-0.1, -0.05) is 22.0 Å². The summed E-state index contributed by atoms with van der Waals surface area (Å²) in [6, 6.07) is 5.93. The summed E-state index contributed by atoms with van der Waals surface area (Å²) in [7, 11) is 0. The van der Waals surface area contributed by atoms with Crippen molar-refractivity contribution in [2.45, 2.75) is 19.8 Å². The van der Waals surface area contributed by atoms with Crippen LogP contribution in [0.1, 0.15) is 18.4 Å². The van der Waals surface area contributed by atoms with Gasteiger partial charge < -0.3 is 10.6 Å². The number of nitrogens with one attached hydrogen (secondary N) is 2. The standard InChI is InChI=1S/C13H17BrN2O/c1-9-4-5-11(14)7-12(9)16-13(17)10-3-2-6-15-8-10/h4-5,7,10,15H,2-3,6,8H2,1H3,(H,16,17). The summed E-state index contributed by atoms with van der Waals surface area (Å²) in [6.45, 7) is 3.82. The van der Waals surface area contributed by atoms with Crippen LogP contribution in [0.15, 0.2) is 22.7 Å². The molecule has 17 heavy (non-hydrogen) atoms. The molecular formula is C13H17BrN2O. The van der Waals surface area contributed by atoms with E-state index in [9.17, 15) is 4.79 Å². The SMILES string of the molecule is Cc1ccc(Br)cc1NC(=O)C1CCCNC1. The molecule has 92 valence electrons. The van der Waals surface area contributed by atoms with Crippen LogP contribution in [0, 0.1) is 12.8 Å². The Morgan fingerprint density at radius 3 is 3.06 bits per heavy atom. The molecule has 1 aromatic rings. The van der Waals surface area contributed by atoms with Crippen LogP contribution in [0.4, 0.5) is 5.69 Å². The van der Waals surface area contributed by atoms with Gasteiger partial charge in [-0.25, -0.2) is 0 Å². The molecule has 0 radical (unpaired) electrons. The van der Waals surface area contributed by atoms with Crippen molar-refractivity contribution in [3.63, 3.8) is 0 Å². The highest BCUT2D eigenvalue weighted by molar-refractivity contribution is 9.10. The summed E-state index contributed by atoms with van der Waals surface area (Å²) in [5.41, 5.74) is 1.99. The fourth-order valence-electron chi connectivity index (χ4n) is 2.04. The van der Waals surface area contributed by atoms with Crippen LogP contribution in [0.25, 0.3) is 0 Å². The summed E-state index contributed by atoms with van der Waals surface area (Å²) in [5, 5.41) is 6.27. The first-order valence-corrected chi connectivity index (χ1v) is 6.74. The quantitative estimate of drug-likeness (QED) is 0.881. The number of carbonyl (C=O) groups is 1. The van der Waals surface area contributed by atoms with E-state index in [1.165, 1.54) is 0 Å². The van der Waals surface area contributed by atoms with Crippen LogP contribution >= 0.6 is 15.9 Å². The maximum absolute atomic E-state index is 12.1. The number of halogens is 1. The van der Waals surface area contributed by atoms with Crippen LogP contribution in [0.3, 0.4) is 0 Å². The summed E-state index contributed by atoms with van der Waals surface area (Å²) in [6.07, 6.45) is 2.06. The highest BCUT2D eigenvalue weighted by atomic mass is 79.9. The molecule has 0 aromatic heterocycles. The minimum atomic E-state index is 0.0992. The average molecular weight is 297 g/mol. The van der Waals surface area contributed by atoms with Gasteiger partial charge in [0.25, 0.3) is 0 Å². The highest BCUT2D eigenvalue weighted by Crippen LogP contribution is 2.22. The van der Waals surface area contributed by atoms with E-state index in [4.69, 9.17) is 0 Å². The van der Waals surface area contributed by atoms with Gasteiger partial charge in [-0.05, 0) is 44.0 Å². The molecular weight excluding hydrogens is 280 g/mol. The van der Waals surface area contributed by atoms with E-state index in [-0.39, 0.29) is 11.8 Å². The Morgan fingerprint density at radius 1 is 1.53 bits per heavy atom. The third-order valence-electron chi connectivity index (χ3n) is 3.13. The number of piperidine rings is 1. The molecule has 1 aliphatic rings. The first kappa shape index (κ1) is 12.6. The van der Waals surface area contributed by atoms with Crippen LogP contribution in [-0.4, -0.2) is 19.0 Å². The van der Waals surface area contributed by atoms with E-state index in [1.807, 2.05) is 25.1 Å². The lowest BCUT2D eigenvalue weighted by Crippen LogP contribution is -2.37. The highest BCUT2D eigenvalue weighted by Gasteiger charge is 2.21. The molecule has 1 unspecified atom stereocenters. The Morgan fingerprint density at radius 2 is 2.35 bits per heavy atom.